The average molecular weight is 348 g/mol. The second-order valence-corrected chi connectivity index (χ2v) is 7.65. The number of amides is 1. The van der Waals surface area contributed by atoms with Crippen LogP contribution in [0.5, 0.6) is 0 Å². The Morgan fingerprint density at radius 3 is 2.33 bits per heavy atom. The largest absolute Gasteiger partial charge is 0.326 e. The topological polar surface area (TPSA) is 66.5 Å². The van der Waals surface area contributed by atoms with E-state index >= 15 is 0 Å². The van der Waals surface area contributed by atoms with E-state index in [1.54, 1.807) is 36.4 Å². The predicted octanol–water partition coefficient (Wildman–Crippen LogP) is 2.55. The zero-order valence-electron chi connectivity index (χ0n) is 12.9. The molecule has 1 aliphatic rings. The van der Waals surface area contributed by atoms with Crippen molar-refractivity contribution in [2.45, 2.75) is 12.8 Å². The van der Waals surface area contributed by atoms with Crippen molar-refractivity contribution >= 4 is 27.3 Å². The van der Waals surface area contributed by atoms with Gasteiger partial charge in [0.1, 0.15) is 5.82 Å². The second-order valence-electron chi connectivity index (χ2n) is 5.64. The van der Waals surface area contributed by atoms with E-state index in [1.165, 1.54) is 16.4 Å². The van der Waals surface area contributed by atoms with Gasteiger partial charge in [-0.2, -0.15) is 0 Å². The number of carbonyl (C=O) groups is 1. The predicted molar refractivity (Wildman–Crippen MR) is 90.9 cm³/mol. The van der Waals surface area contributed by atoms with Crippen molar-refractivity contribution in [1.29, 1.82) is 0 Å². The SMILES string of the molecule is O=C(Cc1ccc(F)cc1)Nc1ccc(N2CCCS2(=O)=O)cc1. The number of hydrogen-bond acceptors (Lipinski definition) is 3. The number of benzene rings is 2. The minimum absolute atomic E-state index is 0.141. The van der Waals surface area contributed by atoms with E-state index in [2.05, 4.69) is 5.32 Å². The van der Waals surface area contributed by atoms with E-state index in [0.717, 1.165) is 0 Å². The summed E-state index contributed by atoms with van der Waals surface area (Å²) in [4.78, 5) is 12.0. The van der Waals surface area contributed by atoms with Crippen LogP contribution in [0.2, 0.25) is 0 Å². The van der Waals surface area contributed by atoms with E-state index in [0.29, 0.717) is 29.9 Å². The number of rotatable bonds is 4. The zero-order valence-corrected chi connectivity index (χ0v) is 13.7. The highest BCUT2D eigenvalue weighted by molar-refractivity contribution is 7.93. The molecule has 7 heteroatoms. The van der Waals surface area contributed by atoms with Gasteiger partial charge in [-0.3, -0.25) is 9.10 Å². The summed E-state index contributed by atoms with van der Waals surface area (Å²) in [6.45, 7) is 0.485. The van der Waals surface area contributed by atoms with Crippen molar-refractivity contribution in [2.75, 3.05) is 21.9 Å². The van der Waals surface area contributed by atoms with E-state index in [-0.39, 0.29) is 23.9 Å². The van der Waals surface area contributed by atoms with Gasteiger partial charge in [-0.25, -0.2) is 12.8 Å². The lowest BCUT2D eigenvalue weighted by Crippen LogP contribution is -2.25. The minimum Gasteiger partial charge on any atom is -0.326 e. The minimum atomic E-state index is -3.20. The molecule has 126 valence electrons. The molecule has 0 radical (unpaired) electrons. The molecule has 0 atom stereocenters. The van der Waals surface area contributed by atoms with Crippen LogP contribution in [0, 0.1) is 5.82 Å². The Balaban J connectivity index is 1.63. The number of sulfonamides is 1. The van der Waals surface area contributed by atoms with Gasteiger partial charge in [0.2, 0.25) is 15.9 Å². The van der Waals surface area contributed by atoms with Crippen molar-refractivity contribution in [2.24, 2.45) is 0 Å². The van der Waals surface area contributed by atoms with Gasteiger partial charge in [-0.1, -0.05) is 12.1 Å². The van der Waals surface area contributed by atoms with Crippen LogP contribution in [-0.4, -0.2) is 26.6 Å². The van der Waals surface area contributed by atoms with E-state index < -0.39 is 10.0 Å². The second kappa shape index (κ2) is 6.60. The molecule has 1 amide bonds. The quantitative estimate of drug-likeness (QED) is 0.923. The maximum absolute atomic E-state index is 12.8. The molecule has 24 heavy (non-hydrogen) atoms. The van der Waals surface area contributed by atoms with Crippen molar-refractivity contribution in [3.63, 3.8) is 0 Å². The first-order valence-electron chi connectivity index (χ1n) is 7.59. The molecule has 0 aromatic heterocycles. The molecule has 0 bridgehead atoms. The fourth-order valence-electron chi connectivity index (χ4n) is 2.63. The Hall–Kier alpha value is -2.41. The first-order chi connectivity index (χ1) is 11.4. The summed E-state index contributed by atoms with van der Waals surface area (Å²) in [6.07, 6.45) is 0.765. The molecule has 1 aliphatic heterocycles. The lowest BCUT2D eigenvalue weighted by molar-refractivity contribution is -0.115. The van der Waals surface area contributed by atoms with E-state index in [4.69, 9.17) is 0 Å². The Morgan fingerprint density at radius 2 is 1.75 bits per heavy atom. The number of carbonyl (C=O) groups excluding carboxylic acids is 1. The molecule has 0 saturated carbocycles. The normalized spacial score (nSPS) is 16.1. The summed E-state index contributed by atoms with van der Waals surface area (Å²) in [5.74, 6) is -0.391. The summed E-state index contributed by atoms with van der Waals surface area (Å²) >= 11 is 0. The van der Waals surface area contributed by atoms with Crippen molar-refractivity contribution in [3.05, 3.63) is 59.9 Å². The molecule has 1 fully saturated rings. The number of hydrogen-bond donors (Lipinski definition) is 1. The van der Waals surface area contributed by atoms with Gasteiger partial charge in [-0.15, -0.1) is 0 Å². The molecule has 1 heterocycles. The third kappa shape index (κ3) is 3.73. The Bertz CT molecular complexity index is 833. The summed E-state index contributed by atoms with van der Waals surface area (Å²) < 4.78 is 38.0. The molecule has 3 rings (SSSR count). The van der Waals surface area contributed by atoms with Gasteiger partial charge in [0.05, 0.1) is 17.9 Å². The van der Waals surface area contributed by atoms with Crippen LogP contribution in [-0.2, 0) is 21.2 Å². The van der Waals surface area contributed by atoms with Crippen LogP contribution in [0.15, 0.2) is 48.5 Å². The van der Waals surface area contributed by atoms with Gasteiger partial charge in [0.25, 0.3) is 0 Å². The van der Waals surface area contributed by atoms with Gasteiger partial charge < -0.3 is 5.32 Å². The summed E-state index contributed by atoms with van der Waals surface area (Å²) in [5, 5.41) is 2.74. The number of halogens is 1. The van der Waals surface area contributed by atoms with Crippen LogP contribution in [0.25, 0.3) is 0 Å². The lowest BCUT2D eigenvalue weighted by Gasteiger charge is -2.17. The molecule has 2 aromatic carbocycles. The first-order valence-corrected chi connectivity index (χ1v) is 9.20. The van der Waals surface area contributed by atoms with Crippen LogP contribution in [0.1, 0.15) is 12.0 Å². The maximum Gasteiger partial charge on any atom is 0.235 e. The van der Waals surface area contributed by atoms with E-state index in [9.17, 15) is 17.6 Å². The summed E-state index contributed by atoms with van der Waals surface area (Å²) in [7, 11) is -3.20. The Kier molecular flexibility index (Phi) is 4.53. The standard InChI is InChI=1S/C17H17FN2O3S/c18-14-4-2-13(3-5-14)12-17(21)19-15-6-8-16(9-7-15)20-10-1-11-24(20,22)23/h2-9H,1,10-12H2,(H,19,21). The molecule has 5 nitrogen and oxygen atoms in total. The zero-order chi connectivity index (χ0) is 17.2. The third-order valence-electron chi connectivity index (χ3n) is 3.82. The van der Waals surface area contributed by atoms with Crippen LogP contribution in [0.3, 0.4) is 0 Å². The number of nitrogens with zero attached hydrogens (tertiary/aromatic N) is 1. The molecule has 0 aliphatic carbocycles. The monoisotopic (exact) mass is 348 g/mol. The van der Waals surface area contributed by atoms with Crippen LogP contribution in [0.4, 0.5) is 15.8 Å². The fourth-order valence-corrected chi connectivity index (χ4v) is 4.20. The maximum atomic E-state index is 12.8. The first kappa shape index (κ1) is 16.4. The lowest BCUT2D eigenvalue weighted by atomic mass is 10.1. The van der Waals surface area contributed by atoms with Crippen molar-refractivity contribution in [3.8, 4) is 0 Å². The van der Waals surface area contributed by atoms with Crippen molar-refractivity contribution < 1.29 is 17.6 Å². The van der Waals surface area contributed by atoms with Gasteiger partial charge in [0.15, 0.2) is 0 Å². The summed E-state index contributed by atoms with van der Waals surface area (Å²) in [6, 6.07) is 12.5. The molecule has 1 N–H and O–H groups in total. The smallest absolute Gasteiger partial charge is 0.235 e. The Labute approximate surface area is 140 Å². The van der Waals surface area contributed by atoms with Crippen molar-refractivity contribution in [1.82, 2.24) is 0 Å². The van der Waals surface area contributed by atoms with Gasteiger partial charge in [0, 0.05) is 12.2 Å². The molecule has 0 spiro atoms. The highest BCUT2D eigenvalue weighted by Gasteiger charge is 2.28. The number of nitrogens with one attached hydrogen (secondary N) is 1. The summed E-state index contributed by atoms with van der Waals surface area (Å²) in [5.41, 5.74) is 1.90. The Morgan fingerprint density at radius 1 is 1.08 bits per heavy atom. The molecule has 0 unspecified atom stereocenters. The molecular weight excluding hydrogens is 331 g/mol. The molecule has 1 saturated heterocycles. The molecule has 2 aromatic rings. The van der Waals surface area contributed by atoms with E-state index in [1.807, 2.05) is 0 Å². The average Bonchev–Trinajstić information content (AvgIpc) is 2.90. The third-order valence-corrected chi connectivity index (χ3v) is 5.69. The van der Waals surface area contributed by atoms with Crippen LogP contribution >= 0.6 is 0 Å². The number of anilines is 2. The highest BCUT2D eigenvalue weighted by atomic mass is 32.2. The van der Waals surface area contributed by atoms with Gasteiger partial charge in [-0.05, 0) is 48.4 Å². The van der Waals surface area contributed by atoms with Crippen LogP contribution < -0.4 is 9.62 Å². The highest BCUT2D eigenvalue weighted by Crippen LogP contribution is 2.25. The molecular formula is C17H17FN2O3S. The van der Waals surface area contributed by atoms with Gasteiger partial charge >= 0.3 is 0 Å². The fraction of sp³-hybridized carbons (Fsp3) is 0.235.